The summed E-state index contributed by atoms with van der Waals surface area (Å²) in [5.74, 6) is 0.862. The van der Waals surface area contributed by atoms with Gasteiger partial charge in [0.05, 0.1) is 7.11 Å². The smallest absolute Gasteiger partial charge is 0.263 e. The fraction of sp³-hybridized carbons (Fsp3) is 0.0625. The molecule has 0 spiro atoms. The highest BCUT2D eigenvalue weighted by atomic mass is 79.9. The van der Waals surface area contributed by atoms with Crippen molar-refractivity contribution in [3.05, 3.63) is 63.5 Å². The third kappa shape index (κ3) is 2.40. The zero-order chi connectivity index (χ0) is 15.0. The Kier molecular flexibility index (Phi) is 3.43. The number of aromatic nitrogens is 1. The Bertz CT molecular complexity index is 869. The number of methoxy groups -OCH3 is 1. The van der Waals surface area contributed by atoms with Crippen molar-refractivity contribution < 1.29 is 9.84 Å². The van der Waals surface area contributed by atoms with Crippen LogP contribution in [0.4, 0.5) is 0 Å². The number of hydrogen-bond donors (Lipinski definition) is 1. The topological polar surface area (TPSA) is 51.5 Å². The van der Waals surface area contributed by atoms with E-state index >= 15 is 0 Å². The molecule has 21 heavy (non-hydrogen) atoms. The minimum absolute atomic E-state index is 0.129. The minimum Gasteiger partial charge on any atom is -0.508 e. The Morgan fingerprint density at radius 3 is 2.48 bits per heavy atom. The molecule has 106 valence electrons. The van der Waals surface area contributed by atoms with Crippen molar-refractivity contribution in [2.45, 2.75) is 0 Å². The fourth-order valence-corrected chi connectivity index (χ4v) is 2.76. The molecule has 2 aromatic carbocycles. The molecule has 0 aliphatic carbocycles. The van der Waals surface area contributed by atoms with Gasteiger partial charge in [0.2, 0.25) is 0 Å². The minimum atomic E-state index is -0.140. The van der Waals surface area contributed by atoms with Crippen molar-refractivity contribution in [3.8, 4) is 17.2 Å². The molecular formula is C16H12BrNO3. The Morgan fingerprint density at radius 2 is 1.81 bits per heavy atom. The van der Waals surface area contributed by atoms with Crippen LogP contribution in [0.3, 0.4) is 0 Å². The third-order valence-electron chi connectivity index (χ3n) is 3.30. The largest absolute Gasteiger partial charge is 0.508 e. The summed E-state index contributed by atoms with van der Waals surface area (Å²) in [4.78, 5) is 12.6. The number of phenols is 1. The van der Waals surface area contributed by atoms with Crippen LogP contribution in [0, 0.1) is 0 Å². The summed E-state index contributed by atoms with van der Waals surface area (Å²) in [6.45, 7) is 0. The number of halogens is 1. The number of ether oxygens (including phenoxy) is 1. The second-order valence-corrected chi connectivity index (χ2v) is 5.43. The highest BCUT2D eigenvalue weighted by Gasteiger charge is 2.09. The number of nitrogens with zero attached hydrogens (tertiary/aromatic N) is 1. The van der Waals surface area contributed by atoms with E-state index in [1.165, 1.54) is 6.07 Å². The molecule has 5 heteroatoms. The van der Waals surface area contributed by atoms with Gasteiger partial charge in [-0.05, 0) is 58.4 Å². The first-order chi connectivity index (χ1) is 10.1. The van der Waals surface area contributed by atoms with Gasteiger partial charge in [0.25, 0.3) is 5.56 Å². The van der Waals surface area contributed by atoms with Gasteiger partial charge in [-0.3, -0.25) is 9.36 Å². The van der Waals surface area contributed by atoms with Crippen LogP contribution in [0.2, 0.25) is 0 Å². The van der Waals surface area contributed by atoms with Gasteiger partial charge in [-0.2, -0.15) is 0 Å². The van der Waals surface area contributed by atoms with Gasteiger partial charge in [-0.15, -0.1) is 0 Å². The lowest BCUT2D eigenvalue weighted by atomic mass is 10.1. The molecule has 1 heterocycles. The Hall–Kier alpha value is -2.27. The van der Waals surface area contributed by atoms with Crippen molar-refractivity contribution in [1.82, 2.24) is 4.57 Å². The molecule has 3 aromatic rings. The molecule has 0 aliphatic heterocycles. The number of rotatable bonds is 2. The summed E-state index contributed by atoms with van der Waals surface area (Å²) in [7, 11) is 1.60. The van der Waals surface area contributed by atoms with E-state index in [1.54, 1.807) is 42.1 Å². The second kappa shape index (κ2) is 5.26. The first-order valence-corrected chi connectivity index (χ1v) is 7.08. The molecule has 0 bridgehead atoms. The molecule has 0 fully saturated rings. The number of aromatic hydroxyl groups is 1. The van der Waals surface area contributed by atoms with Gasteiger partial charge in [0.15, 0.2) is 0 Å². The zero-order valence-corrected chi connectivity index (χ0v) is 12.8. The van der Waals surface area contributed by atoms with Gasteiger partial charge in [-0.25, -0.2) is 0 Å². The third-order valence-corrected chi connectivity index (χ3v) is 3.93. The predicted molar refractivity (Wildman–Crippen MR) is 85.5 cm³/mol. The summed E-state index contributed by atoms with van der Waals surface area (Å²) < 4.78 is 7.42. The first kappa shape index (κ1) is 13.7. The molecular weight excluding hydrogens is 334 g/mol. The van der Waals surface area contributed by atoms with E-state index in [-0.39, 0.29) is 11.3 Å². The van der Waals surface area contributed by atoms with Crippen LogP contribution in [-0.4, -0.2) is 16.8 Å². The second-order valence-electron chi connectivity index (χ2n) is 4.58. The van der Waals surface area contributed by atoms with Crippen LogP contribution in [0.15, 0.2) is 57.9 Å². The Morgan fingerprint density at radius 1 is 1.10 bits per heavy atom. The predicted octanol–water partition coefficient (Wildman–Crippen LogP) is 3.47. The standard InChI is InChI=1S/C16H12BrNO3/c1-21-12-5-2-10(3-6-12)18-9-15(17)14-8-11(19)4-7-13(14)16(18)20/h2-9,19H,1H3. The van der Waals surface area contributed by atoms with Crippen molar-refractivity contribution in [3.63, 3.8) is 0 Å². The van der Waals surface area contributed by atoms with E-state index in [1.807, 2.05) is 12.1 Å². The maximum absolute atomic E-state index is 12.6. The van der Waals surface area contributed by atoms with Gasteiger partial charge in [0, 0.05) is 27.1 Å². The van der Waals surface area contributed by atoms with Crippen molar-refractivity contribution in [2.24, 2.45) is 0 Å². The molecule has 1 aromatic heterocycles. The van der Waals surface area contributed by atoms with Crippen molar-refractivity contribution >= 4 is 26.7 Å². The molecule has 0 saturated heterocycles. The van der Waals surface area contributed by atoms with Gasteiger partial charge < -0.3 is 9.84 Å². The summed E-state index contributed by atoms with van der Waals surface area (Å²) in [5.41, 5.74) is 0.606. The van der Waals surface area contributed by atoms with Crippen LogP contribution in [0.1, 0.15) is 0 Å². The van der Waals surface area contributed by atoms with Crippen LogP contribution < -0.4 is 10.3 Å². The summed E-state index contributed by atoms with van der Waals surface area (Å²) in [6.07, 6.45) is 1.70. The quantitative estimate of drug-likeness (QED) is 0.773. The van der Waals surface area contributed by atoms with E-state index in [9.17, 15) is 9.90 Å². The van der Waals surface area contributed by atoms with E-state index in [4.69, 9.17) is 4.74 Å². The normalized spacial score (nSPS) is 10.8. The molecule has 0 amide bonds. The molecule has 3 rings (SSSR count). The number of hydrogen-bond acceptors (Lipinski definition) is 3. The number of benzene rings is 2. The number of phenolic OH excluding ortho intramolecular Hbond substituents is 1. The van der Waals surface area contributed by atoms with E-state index in [0.717, 1.165) is 15.9 Å². The van der Waals surface area contributed by atoms with E-state index < -0.39 is 0 Å². The van der Waals surface area contributed by atoms with Crippen LogP contribution >= 0.6 is 15.9 Å². The van der Waals surface area contributed by atoms with Crippen molar-refractivity contribution in [2.75, 3.05) is 7.11 Å². The maximum atomic E-state index is 12.6. The lowest BCUT2D eigenvalue weighted by Crippen LogP contribution is -2.18. The molecule has 0 radical (unpaired) electrons. The van der Waals surface area contributed by atoms with Gasteiger partial charge >= 0.3 is 0 Å². The average molecular weight is 346 g/mol. The average Bonchev–Trinajstić information content (AvgIpc) is 2.51. The van der Waals surface area contributed by atoms with Crippen molar-refractivity contribution in [1.29, 1.82) is 0 Å². The molecule has 4 nitrogen and oxygen atoms in total. The molecule has 0 unspecified atom stereocenters. The van der Waals surface area contributed by atoms with Crippen LogP contribution in [-0.2, 0) is 0 Å². The number of pyridine rings is 1. The Labute approximate surface area is 129 Å². The zero-order valence-electron chi connectivity index (χ0n) is 11.2. The Balaban J connectivity index is 2.25. The molecule has 1 N–H and O–H groups in total. The summed E-state index contributed by atoms with van der Waals surface area (Å²) in [6, 6.07) is 11.9. The highest BCUT2D eigenvalue weighted by molar-refractivity contribution is 9.10. The fourth-order valence-electron chi connectivity index (χ4n) is 2.22. The SMILES string of the molecule is COc1ccc(-n2cc(Br)c3cc(O)ccc3c2=O)cc1. The highest BCUT2D eigenvalue weighted by Crippen LogP contribution is 2.26. The molecule has 0 aliphatic rings. The van der Waals surface area contributed by atoms with Crippen LogP contribution in [0.25, 0.3) is 16.5 Å². The van der Waals surface area contributed by atoms with Gasteiger partial charge in [0.1, 0.15) is 11.5 Å². The monoisotopic (exact) mass is 345 g/mol. The summed E-state index contributed by atoms with van der Waals surface area (Å²) in [5, 5.41) is 10.8. The first-order valence-electron chi connectivity index (χ1n) is 6.28. The molecule has 0 atom stereocenters. The summed E-state index contributed by atoms with van der Waals surface area (Å²) >= 11 is 3.45. The maximum Gasteiger partial charge on any atom is 0.263 e. The lowest BCUT2D eigenvalue weighted by molar-refractivity contribution is 0.414. The van der Waals surface area contributed by atoms with E-state index in [2.05, 4.69) is 15.9 Å². The van der Waals surface area contributed by atoms with Crippen LogP contribution in [0.5, 0.6) is 11.5 Å². The number of fused-ring (bicyclic) bond motifs is 1. The van der Waals surface area contributed by atoms with E-state index in [0.29, 0.717) is 10.8 Å². The molecule has 0 saturated carbocycles. The lowest BCUT2D eigenvalue weighted by Gasteiger charge is -2.10. The van der Waals surface area contributed by atoms with Gasteiger partial charge in [-0.1, -0.05) is 0 Å².